The van der Waals surface area contributed by atoms with Crippen LogP contribution in [0.25, 0.3) is 0 Å². The first-order valence-corrected chi connectivity index (χ1v) is 5.66. The summed E-state index contributed by atoms with van der Waals surface area (Å²) in [6.45, 7) is 4.61. The molecule has 0 saturated carbocycles. The summed E-state index contributed by atoms with van der Waals surface area (Å²) in [7, 11) is 0. The molecule has 0 unspecified atom stereocenters. The minimum absolute atomic E-state index is 0.306. The lowest BCUT2D eigenvalue weighted by molar-refractivity contribution is -0.119. The third-order valence-corrected chi connectivity index (χ3v) is 2.60. The molecule has 0 aliphatic rings. The highest BCUT2D eigenvalue weighted by Crippen LogP contribution is 2.17. The second kappa shape index (κ2) is 5.87. The molecule has 0 saturated heterocycles. The van der Waals surface area contributed by atoms with Crippen molar-refractivity contribution in [2.75, 3.05) is 6.54 Å². The number of nitrogens with two attached hydrogens (primary N) is 1. The van der Waals surface area contributed by atoms with Gasteiger partial charge in [0.1, 0.15) is 0 Å². The number of carbonyl (C=O) groups excluding carboxylic acids is 1. The first kappa shape index (κ1) is 13.0. The molecule has 1 amide bonds. The summed E-state index contributed by atoms with van der Waals surface area (Å²) in [6.07, 6.45) is 0. The maximum atomic E-state index is 11.3. The van der Waals surface area contributed by atoms with Crippen LogP contribution in [0.3, 0.4) is 0 Å². The number of carbonyl (C=O) groups is 1. The van der Waals surface area contributed by atoms with Crippen molar-refractivity contribution in [1.82, 2.24) is 5.32 Å². The van der Waals surface area contributed by atoms with Gasteiger partial charge in [-0.3, -0.25) is 4.79 Å². The minimum Gasteiger partial charge on any atom is -0.369 e. The molecule has 0 bridgehead atoms. The molecule has 0 aromatic heterocycles. The molecule has 4 heteroatoms. The van der Waals surface area contributed by atoms with Crippen LogP contribution < -0.4 is 11.1 Å². The Hall–Kier alpha value is -1.06. The molecule has 3 nitrogen and oxygen atoms in total. The van der Waals surface area contributed by atoms with Crippen LogP contribution in [0.2, 0.25) is 5.02 Å². The van der Waals surface area contributed by atoms with Crippen molar-refractivity contribution < 1.29 is 4.79 Å². The molecule has 0 fully saturated rings. The Kier molecular flexibility index (Phi) is 4.77. The normalized spacial score (nSPS) is 12.8. The first-order valence-electron chi connectivity index (χ1n) is 5.29. The Morgan fingerprint density at radius 3 is 2.38 bits per heavy atom. The van der Waals surface area contributed by atoms with Crippen LogP contribution in [0.5, 0.6) is 0 Å². The summed E-state index contributed by atoms with van der Waals surface area (Å²) >= 11 is 5.79. The van der Waals surface area contributed by atoms with E-state index in [1.165, 1.54) is 0 Å². The molecule has 88 valence electrons. The average Bonchev–Trinajstić information content (AvgIpc) is 2.20. The van der Waals surface area contributed by atoms with E-state index in [1.807, 2.05) is 26.0 Å². The third-order valence-electron chi connectivity index (χ3n) is 2.35. The van der Waals surface area contributed by atoms with E-state index in [2.05, 4.69) is 5.32 Å². The van der Waals surface area contributed by atoms with E-state index in [1.54, 1.807) is 12.1 Å². The van der Waals surface area contributed by atoms with Gasteiger partial charge in [-0.1, -0.05) is 37.6 Å². The van der Waals surface area contributed by atoms with Crippen LogP contribution >= 0.6 is 11.6 Å². The smallest absolute Gasteiger partial charge is 0.226 e. The Labute approximate surface area is 101 Å². The van der Waals surface area contributed by atoms with Gasteiger partial charge in [-0.15, -0.1) is 0 Å². The molecular weight excluding hydrogens is 224 g/mol. The molecule has 1 rings (SSSR count). The fourth-order valence-corrected chi connectivity index (χ4v) is 1.56. The number of halogens is 1. The van der Waals surface area contributed by atoms with E-state index in [0.29, 0.717) is 17.6 Å². The Morgan fingerprint density at radius 1 is 1.38 bits per heavy atom. The van der Waals surface area contributed by atoms with Crippen LogP contribution in [0.4, 0.5) is 0 Å². The summed E-state index contributed by atoms with van der Waals surface area (Å²) in [5.74, 6) is -0.630. The number of nitrogens with one attached hydrogen (secondary N) is 1. The van der Waals surface area contributed by atoms with Crippen molar-refractivity contribution in [3.05, 3.63) is 34.9 Å². The molecule has 1 atom stereocenters. The summed E-state index contributed by atoms with van der Waals surface area (Å²) in [4.78, 5) is 11.3. The molecule has 0 aliphatic carbocycles. The number of primary amides is 1. The quantitative estimate of drug-likeness (QED) is 0.826. The molecule has 0 heterocycles. The second-order valence-corrected chi connectivity index (χ2v) is 4.51. The van der Waals surface area contributed by atoms with Crippen molar-refractivity contribution in [1.29, 1.82) is 0 Å². The number of benzene rings is 1. The Balaban J connectivity index is 2.77. The van der Waals surface area contributed by atoms with E-state index >= 15 is 0 Å². The van der Waals surface area contributed by atoms with Crippen LogP contribution in [-0.4, -0.2) is 18.5 Å². The second-order valence-electron chi connectivity index (χ2n) is 4.07. The van der Waals surface area contributed by atoms with Crippen molar-refractivity contribution in [2.45, 2.75) is 25.8 Å². The van der Waals surface area contributed by atoms with Crippen molar-refractivity contribution >= 4 is 17.5 Å². The lowest BCUT2D eigenvalue weighted by Gasteiger charge is -2.16. The van der Waals surface area contributed by atoms with Gasteiger partial charge in [-0.2, -0.15) is 0 Å². The molecule has 3 N–H and O–H groups in total. The summed E-state index contributed by atoms with van der Waals surface area (Å²) < 4.78 is 0. The van der Waals surface area contributed by atoms with Gasteiger partial charge < -0.3 is 11.1 Å². The molecular formula is C12H17ClN2O. The van der Waals surface area contributed by atoms with Crippen LogP contribution in [0, 0.1) is 0 Å². The number of hydrogen-bond acceptors (Lipinski definition) is 2. The standard InChI is InChI=1S/C12H17ClN2O/c1-8(2)15-7-11(12(14)16)9-3-5-10(13)6-4-9/h3-6,8,11,15H,7H2,1-2H3,(H2,14,16)/t11-/m0/s1. The van der Waals surface area contributed by atoms with E-state index in [4.69, 9.17) is 17.3 Å². The number of amides is 1. The summed E-state index contributed by atoms with van der Waals surface area (Å²) in [5, 5.41) is 3.86. The maximum Gasteiger partial charge on any atom is 0.226 e. The zero-order valence-electron chi connectivity index (χ0n) is 9.53. The van der Waals surface area contributed by atoms with E-state index in [9.17, 15) is 4.79 Å². The van der Waals surface area contributed by atoms with Gasteiger partial charge in [-0.25, -0.2) is 0 Å². The van der Waals surface area contributed by atoms with Gasteiger partial charge in [-0.05, 0) is 17.7 Å². The predicted molar refractivity (Wildman–Crippen MR) is 66.5 cm³/mol. The maximum absolute atomic E-state index is 11.3. The topological polar surface area (TPSA) is 55.1 Å². The average molecular weight is 241 g/mol. The largest absolute Gasteiger partial charge is 0.369 e. The predicted octanol–water partition coefficient (Wildman–Crippen LogP) is 1.91. The van der Waals surface area contributed by atoms with Crippen molar-refractivity contribution in [3.8, 4) is 0 Å². The lowest BCUT2D eigenvalue weighted by atomic mass is 9.98. The SMILES string of the molecule is CC(C)NC[C@H](C(N)=O)c1ccc(Cl)cc1. The number of hydrogen-bond donors (Lipinski definition) is 2. The van der Waals surface area contributed by atoms with Gasteiger partial charge >= 0.3 is 0 Å². The summed E-state index contributed by atoms with van der Waals surface area (Å²) in [5.41, 5.74) is 6.27. The van der Waals surface area contributed by atoms with Gasteiger partial charge in [0.2, 0.25) is 5.91 Å². The van der Waals surface area contributed by atoms with Gasteiger partial charge in [0.15, 0.2) is 0 Å². The number of rotatable bonds is 5. The molecule has 0 aliphatic heterocycles. The molecule has 1 aromatic carbocycles. The zero-order chi connectivity index (χ0) is 12.1. The molecule has 1 aromatic rings. The highest BCUT2D eigenvalue weighted by atomic mass is 35.5. The summed E-state index contributed by atoms with van der Waals surface area (Å²) in [6, 6.07) is 7.53. The fraction of sp³-hybridized carbons (Fsp3) is 0.417. The van der Waals surface area contributed by atoms with Crippen LogP contribution in [-0.2, 0) is 4.79 Å². The monoisotopic (exact) mass is 240 g/mol. The van der Waals surface area contributed by atoms with E-state index < -0.39 is 0 Å². The fourth-order valence-electron chi connectivity index (χ4n) is 1.43. The molecule has 16 heavy (non-hydrogen) atoms. The molecule has 0 radical (unpaired) electrons. The van der Waals surface area contributed by atoms with Crippen LogP contribution in [0.15, 0.2) is 24.3 Å². The van der Waals surface area contributed by atoms with Gasteiger partial charge in [0.25, 0.3) is 0 Å². The van der Waals surface area contributed by atoms with Gasteiger partial charge in [0.05, 0.1) is 5.92 Å². The molecule has 0 spiro atoms. The highest BCUT2D eigenvalue weighted by molar-refractivity contribution is 6.30. The van der Waals surface area contributed by atoms with Crippen molar-refractivity contribution in [2.24, 2.45) is 5.73 Å². The highest BCUT2D eigenvalue weighted by Gasteiger charge is 2.17. The Morgan fingerprint density at radius 2 is 1.94 bits per heavy atom. The zero-order valence-corrected chi connectivity index (χ0v) is 10.3. The minimum atomic E-state index is -0.324. The first-order chi connectivity index (χ1) is 7.50. The van der Waals surface area contributed by atoms with Gasteiger partial charge in [0, 0.05) is 17.6 Å². The van der Waals surface area contributed by atoms with Crippen LogP contribution in [0.1, 0.15) is 25.3 Å². The third kappa shape index (κ3) is 3.83. The van der Waals surface area contributed by atoms with E-state index in [0.717, 1.165) is 5.56 Å². The Bertz CT molecular complexity index is 349. The van der Waals surface area contributed by atoms with E-state index in [-0.39, 0.29) is 11.8 Å². The van der Waals surface area contributed by atoms with Crippen molar-refractivity contribution in [3.63, 3.8) is 0 Å². The lowest BCUT2D eigenvalue weighted by Crippen LogP contribution is -2.34.